The maximum Gasteiger partial charge on any atom is 0.261 e. The Balaban J connectivity index is 2.30. The van der Waals surface area contributed by atoms with Crippen LogP contribution in [0.4, 0.5) is 11.4 Å². The molecule has 5 nitrogen and oxygen atoms in total. The Morgan fingerprint density at radius 2 is 1.80 bits per heavy atom. The van der Waals surface area contributed by atoms with Gasteiger partial charge in [0.2, 0.25) is 0 Å². The Hall–Kier alpha value is -2.04. The van der Waals surface area contributed by atoms with Gasteiger partial charge in [-0.15, -0.1) is 0 Å². The van der Waals surface area contributed by atoms with E-state index in [0.29, 0.717) is 21.4 Å². The van der Waals surface area contributed by atoms with Crippen molar-refractivity contribution < 1.29 is 8.42 Å². The predicted molar refractivity (Wildman–Crippen MR) is 80.5 cm³/mol. The Morgan fingerprint density at radius 3 is 2.35 bits per heavy atom. The minimum atomic E-state index is -3.71. The molecule has 20 heavy (non-hydrogen) atoms. The van der Waals surface area contributed by atoms with Crippen LogP contribution in [0.5, 0.6) is 0 Å². The Bertz CT molecular complexity index is 780. The summed E-state index contributed by atoms with van der Waals surface area (Å²) in [6.07, 6.45) is 0. The second-order valence-corrected chi connectivity index (χ2v) is 6.51. The van der Waals surface area contributed by atoms with Gasteiger partial charge in [-0.2, -0.15) is 5.26 Å². The van der Waals surface area contributed by atoms with Crippen LogP contribution in [0.15, 0.2) is 51.8 Å². The van der Waals surface area contributed by atoms with Crippen molar-refractivity contribution >= 4 is 37.3 Å². The highest BCUT2D eigenvalue weighted by Crippen LogP contribution is 2.24. The highest BCUT2D eigenvalue weighted by molar-refractivity contribution is 9.10. The van der Waals surface area contributed by atoms with E-state index in [1.165, 1.54) is 36.4 Å². The lowest BCUT2D eigenvalue weighted by atomic mass is 10.2. The fraction of sp³-hybridized carbons (Fsp3) is 0. The number of hydrogen-bond donors (Lipinski definition) is 2. The molecule has 0 saturated heterocycles. The zero-order valence-corrected chi connectivity index (χ0v) is 12.6. The average molecular weight is 352 g/mol. The molecule has 0 unspecified atom stereocenters. The molecule has 0 spiro atoms. The monoisotopic (exact) mass is 351 g/mol. The van der Waals surface area contributed by atoms with Crippen LogP contribution in [0, 0.1) is 11.3 Å². The van der Waals surface area contributed by atoms with Gasteiger partial charge < -0.3 is 5.73 Å². The third-order valence-corrected chi connectivity index (χ3v) is 4.65. The molecule has 0 radical (unpaired) electrons. The largest absolute Gasteiger partial charge is 0.398 e. The normalized spacial score (nSPS) is 10.8. The highest BCUT2D eigenvalue weighted by atomic mass is 79.9. The number of nitrogen functional groups attached to an aromatic ring is 1. The van der Waals surface area contributed by atoms with Crippen LogP contribution in [0.25, 0.3) is 0 Å². The zero-order chi connectivity index (χ0) is 14.8. The first-order chi connectivity index (χ1) is 9.42. The number of nitriles is 1. The molecule has 7 heteroatoms. The lowest BCUT2D eigenvalue weighted by molar-refractivity contribution is 0.601. The van der Waals surface area contributed by atoms with Gasteiger partial charge in [-0.05, 0) is 58.4 Å². The van der Waals surface area contributed by atoms with Gasteiger partial charge in [0.05, 0.1) is 16.5 Å². The summed E-state index contributed by atoms with van der Waals surface area (Å²) in [4.78, 5) is 0.0718. The molecule has 0 atom stereocenters. The van der Waals surface area contributed by atoms with Crippen molar-refractivity contribution in [1.29, 1.82) is 5.26 Å². The SMILES string of the molecule is N#Cc1ccc(NS(=O)(=O)c2ccc(Br)c(N)c2)cc1. The summed E-state index contributed by atoms with van der Waals surface area (Å²) < 4.78 is 27.4. The van der Waals surface area contributed by atoms with Crippen molar-refractivity contribution in [2.45, 2.75) is 4.90 Å². The second kappa shape index (κ2) is 5.53. The van der Waals surface area contributed by atoms with E-state index in [1.54, 1.807) is 6.07 Å². The molecule has 2 aromatic carbocycles. The fourth-order valence-corrected chi connectivity index (χ4v) is 2.86. The summed E-state index contributed by atoms with van der Waals surface area (Å²) in [6, 6.07) is 12.5. The molecule has 2 aromatic rings. The summed E-state index contributed by atoms with van der Waals surface area (Å²) in [7, 11) is -3.71. The molecule has 0 aliphatic rings. The third-order valence-electron chi connectivity index (χ3n) is 2.54. The molecular weight excluding hydrogens is 342 g/mol. The summed E-state index contributed by atoms with van der Waals surface area (Å²) in [5.41, 5.74) is 6.85. The van der Waals surface area contributed by atoms with E-state index in [-0.39, 0.29) is 4.90 Å². The molecule has 3 N–H and O–H groups in total. The molecule has 0 amide bonds. The number of rotatable bonds is 3. The number of hydrogen-bond acceptors (Lipinski definition) is 4. The Kier molecular flexibility index (Phi) is 3.97. The van der Waals surface area contributed by atoms with E-state index in [9.17, 15) is 8.42 Å². The van der Waals surface area contributed by atoms with Crippen molar-refractivity contribution in [1.82, 2.24) is 0 Å². The minimum Gasteiger partial charge on any atom is -0.398 e. The average Bonchev–Trinajstić information content (AvgIpc) is 2.42. The molecule has 2 rings (SSSR count). The van der Waals surface area contributed by atoms with Gasteiger partial charge in [-0.25, -0.2) is 8.42 Å². The van der Waals surface area contributed by atoms with Crippen LogP contribution < -0.4 is 10.5 Å². The zero-order valence-electron chi connectivity index (χ0n) is 10.2. The fourth-order valence-electron chi connectivity index (χ4n) is 1.52. The van der Waals surface area contributed by atoms with E-state index in [0.717, 1.165) is 0 Å². The second-order valence-electron chi connectivity index (χ2n) is 3.98. The van der Waals surface area contributed by atoms with Crippen LogP contribution in [-0.4, -0.2) is 8.42 Å². The topological polar surface area (TPSA) is 96.0 Å². The van der Waals surface area contributed by atoms with Gasteiger partial charge in [-0.1, -0.05) is 0 Å². The van der Waals surface area contributed by atoms with E-state index < -0.39 is 10.0 Å². The van der Waals surface area contributed by atoms with Crippen molar-refractivity contribution in [3.63, 3.8) is 0 Å². The number of nitrogens with two attached hydrogens (primary N) is 1. The van der Waals surface area contributed by atoms with E-state index in [1.807, 2.05) is 6.07 Å². The van der Waals surface area contributed by atoms with Crippen LogP contribution in [0.2, 0.25) is 0 Å². The summed E-state index contributed by atoms with van der Waals surface area (Å²) in [6.45, 7) is 0. The van der Waals surface area contributed by atoms with E-state index >= 15 is 0 Å². The van der Waals surface area contributed by atoms with Crippen LogP contribution in [0.3, 0.4) is 0 Å². The standard InChI is InChI=1S/C13H10BrN3O2S/c14-12-6-5-11(7-13(12)16)20(18,19)17-10-3-1-9(8-15)2-4-10/h1-7,17H,16H2. The van der Waals surface area contributed by atoms with Gasteiger partial charge in [0.25, 0.3) is 10.0 Å². The number of anilines is 2. The number of nitrogens with one attached hydrogen (secondary N) is 1. The van der Waals surface area contributed by atoms with Gasteiger partial charge >= 0.3 is 0 Å². The first-order valence-corrected chi connectivity index (χ1v) is 7.78. The third kappa shape index (κ3) is 3.10. The number of nitrogens with zero attached hydrogens (tertiary/aromatic N) is 1. The molecule has 0 aliphatic heterocycles. The summed E-state index contributed by atoms with van der Waals surface area (Å²) in [5, 5.41) is 8.69. The number of halogens is 1. The first kappa shape index (κ1) is 14.4. The maximum atomic E-state index is 12.2. The molecule has 0 aliphatic carbocycles. The summed E-state index contributed by atoms with van der Waals surface area (Å²) in [5.74, 6) is 0. The van der Waals surface area contributed by atoms with Crippen molar-refractivity contribution in [2.75, 3.05) is 10.5 Å². The first-order valence-electron chi connectivity index (χ1n) is 5.50. The van der Waals surface area contributed by atoms with Crippen LogP contribution in [-0.2, 0) is 10.0 Å². The van der Waals surface area contributed by atoms with Crippen molar-refractivity contribution in [3.05, 3.63) is 52.5 Å². The number of sulfonamides is 1. The van der Waals surface area contributed by atoms with E-state index in [4.69, 9.17) is 11.0 Å². The molecule has 0 heterocycles. The Morgan fingerprint density at radius 1 is 1.15 bits per heavy atom. The van der Waals surface area contributed by atoms with Gasteiger partial charge in [0.1, 0.15) is 0 Å². The van der Waals surface area contributed by atoms with Crippen molar-refractivity contribution in [3.8, 4) is 6.07 Å². The van der Waals surface area contributed by atoms with Crippen molar-refractivity contribution in [2.24, 2.45) is 0 Å². The van der Waals surface area contributed by atoms with Crippen LogP contribution in [0.1, 0.15) is 5.56 Å². The van der Waals surface area contributed by atoms with Crippen LogP contribution >= 0.6 is 15.9 Å². The minimum absolute atomic E-state index is 0.0718. The van der Waals surface area contributed by atoms with E-state index in [2.05, 4.69) is 20.7 Å². The predicted octanol–water partition coefficient (Wildman–Crippen LogP) is 2.70. The quantitative estimate of drug-likeness (QED) is 0.830. The lowest BCUT2D eigenvalue weighted by Gasteiger charge is -2.09. The Labute approximate surface area is 125 Å². The summed E-state index contributed by atoms with van der Waals surface area (Å²) >= 11 is 3.21. The van der Waals surface area contributed by atoms with Gasteiger partial charge in [0.15, 0.2) is 0 Å². The molecular formula is C13H10BrN3O2S. The molecule has 0 saturated carbocycles. The number of benzene rings is 2. The molecule has 0 aromatic heterocycles. The maximum absolute atomic E-state index is 12.2. The van der Waals surface area contributed by atoms with Gasteiger partial charge in [-0.3, -0.25) is 4.72 Å². The lowest BCUT2D eigenvalue weighted by Crippen LogP contribution is -2.13. The molecule has 102 valence electrons. The van der Waals surface area contributed by atoms with Gasteiger partial charge in [0, 0.05) is 15.8 Å². The smallest absolute Gasteiger partial charge is 0.261 e. The molecule has 0 bridgehead atoms. The highest BCUT2D eigenvalue weighted by Gasteiger charge is 2.15. The molecule has 0 fully saturated rings.